The topological polar surface area (TPSA) is 99.2 Å². The maximum Gasteiger partial charge on any atom is 0.282 e. The summed E-state index contributed by atoms with van der Waals surface area (Å²) in [6, 6.07) is 5.31. The highest BCUT2D eigenvalue weighted by atomic mass is 32.2. The van der Waals surface area contributed by atoms with Gasteiger partial charge in [-0.15, -0.1) is 0 Å². The summed E-state index contributed by atoms with van der Waals surface area (Å²) in [6.07, 6.45) is 4.41. The lowest BCUT2D eigenvalue weighted by atomic mass is 10.1. The first-order valence-corrected chi connectivity index (χ1v) is 9.50. The fraction of sp³-hybridized carbons (Fsp3) is 0.375. The molecule has 8 nitrogen and oxygen atoms in total. The van der Waals surface area contributed by atoms with E-state index in [1.807, 2.05) is 4.57 Å². The lowest BCUT2D eigenvalue weighted by Crippen LogP contribution is -2.14. The van der Waals surface area contributed by atoms with E-state index in [1.54, 1.807) is 31.5 Å². The second-order valence-electron chi connectivity index (χ2n) is 6.14. The molecular weight excluding hydrogens is 344 g/mol. The number of nitrogens with zero attached hydrogens (tertiary/aromatic N) is 3. The van der Waals surface area contributed by atoms with Crippen LogP contribution in [0.1, 0.15) is 31.6 Å². The number of imidazole rings is 1. The van der Waals surface area contributed by atoms with Crippen LogP contribution in [0.5, 0.6) is 5.75 Å². The van der Waals surface area contributed by atoms with E-state index in [0.717, 1.165) is 25.1 Å². The molecule has 0 radical (unpaired) electrons. The maximum atomic E-state index is 12.7. The number of nitrogens with one attached hydrogen (secondary N) is 1. The van der Waals surface area contributed by atoms with Crippen LogP contribution in [0, 0.1) is 0 Å². The third-order valence-corrected chi connectivity index (χ3v) is 5.68. The number of aryl methyl sites for hydroxylation is 1. The number of aromatic nitrogens is 3. The number of hydrogen-bond donors (Lipinski definition) is 1. The number of rotatable bonds is 4. The van der Waals surface area contributed by atoms with Gasteiger partial charge in [0.15, 0.2) is 16.4 Å². The number of anilines is 1. The van der Waals surface area contributed by atoms with Crippen molar-refractivity contribution >= 4 is 26.8 Å². The van der Waals surface area contributed by atoms with E-state index in [9.17, 15) is 8.42 Å². The summed E-state index contributed by atoms with van der Waals surface area (Å²) < 4.78 is 40.1. The van der Waals surface area contributed by atoms with Crippen LogP contribution < -0.4 is 9.46 Å². The summed E-state index contributed by atoms with van der Waals surface area (Å²) in [7, 11) is -2.30. The van der Waals surface area contributed by atoms with Crippen molar-refractivity contribution in [3.8, 4) is 5.75 Å². The Morgan fingerprint density at radius 1 is 1.40 bits per heavy atom. The van der Waals surface area contributed by atoms with E-state index in [2.05, 4.69) is 21.8 Å². The molecule has 1 unspecified atom stereocenters. The summed E-state index contributed by atoms with van der Waals surface area (Å²) in [4.78, 5) is 4.29. The standard InChI is InChI=1S/C16H18N4O4S/c1-10-4-3-5-14-17-15(9-20(10)14)25(21,22)19-16-12-7-6-11(23-2)8-13(12)24-18-16/h6-10H,3-5H2,1-2H3,(H,18,19). The van der Waals surface area contributed by atoms with Gasteiger partial charge >= 0.3 is 0 Å². The molecule has 25 heavy (non-hydrogen) atoms. The molecule has 1 aromatic carbocycles. The van der Waals surface area contributed by atoms with Crippen molar-refractivity contribution in [3.05, 3.63) is 30.2 Å². The lowest BCUT2D eigenvalue weighted by Gasteiger charge is -2.20. The van der Waals surface area contributed by atoms with Gasteiger partial charge in [0, 0.05) is 24.7 Å². The normalized spacial score (nSPS) is 17.4. The van der Waals surface area contributed by atoms with E-state index in [0.29, 0.717) is 16.7 Å². The van der Waals surface area contributed by atoms with Crippen LogP contribution in [0.4, 0.5) is 5.82 Å². The summed E-state index contributed by atoms with van der Waals surface area (Å²) in [5, 5.41) is 4.38. The van der Waals surface area contributed by atoms with Crippen molar-refractivity contribution in [2.24, 2.45) is 0 Å². The Hall–Kier alpha value is -2.55. The minimum Gasteiger partial charge on any atom is -0.497 e. The largest absolute Gasteiger partial charge is 0.497 e. The van der Waals surface area contributed by atoms with Gasteiger partial charge in [0.05, 0.1) is 12.5 Å². The molecular formula is C16H18N4O4S. The molecule has 2 aromatic heterocycles. The fourth-order valence-electron chi connectivity index (χ4n) is 3.10. The molecule has 3 heterocycles. The third-order valence-electron chi connectivity index (χ3n) is 4.47. The SMILES string of the molecule is COc1ccc2c(NS(=O)(=O)c3cn4c(n3)CCCC4C)noc2c1. The number of benzene rings is 1. The second kappa shape index (κ2) is 5.76. The van der Waals surface area contributed by atoms with Gasteiger partial charge in [-0.2, -0.15) is 8.42 Å². The van der Waals surface area contributed by atoms with Gasteiger partial charge in [-0.1, -0.05) is 5.16 Å². The van der Waals surface area contributed by atoms with Crippen LogP contribution in [0.2, 0.25) is 0 Å². The number of sulfonamides is 1. The Bertz CT molecular complexity index is 1040. The van der Waals surface area contributed by atoms with E-state index >= 15 is 0 Å². The maximum absolute atomic E-state index is 12.7. The predicted octanol–water partition coefficient (Wildman–Crippen LogP) is 2.73. The second-order valence-corrected chi connectivity index (χ2v) is 7.77. The molecule has 0 aliphatic carbocycles. The van der Waals surface area contributed by atoms with E-state index in [1.165, 1.54) is 0 Å². The minimum atomic E-state index is -3.84. The van der Waals surface area contributed by atoms with Crippen LogP contribution in [0.25, 0.3) is 11.0 Å². The molecule has 1 aliphatic heterocycles. The molecule has 9 heteroatoms. The molecule has 0 bridgehead atoms. The van der Waals surface area contributed by atoms with Crippen LogP contribution >= 0.6 is 0 Å². The molecule has 3 aromatic rings. The van der Waals surface area contributed by atoms with Gasteiger partial charge in [0.25, 0.3) is 10.0 Å². The van der Waals surface area contributed by atoms with Crippen molar-refractivity contribution in [1.82, 2.24) is 14.7 Å². The van der Waals surface area contributed by atoms with Gasteiger partial charge in [0.1, 0.15) is 11.6 Å². The van der Waals surface area contributed by atoms with Gasteiger partial charge in [0.2, 0.25) is 0 Å². The number of fused-ring (bicyclic) bond motifs is 2. The average molecular weight is 362 g/mol. The van der Waals surface area contributed by atoms with Gasteiger partial charge in [-0.3, -0.25) is 4.72 Å². The number of methoxy groups -OCH3 is 1. The van der Waals surface area contributed by atoms with Crippen LogP contribution in [-0.2, 0) is 16.4 Å². The Kier molecular flexibility index (Phi) is 3.68. The zero-order valence-electron chi connectivity index (χ0n) is 13.9. The highest BCUT2D eigenvalue weighted by Crippen LogP contribution is 2.29. The Labute approximate surface area is 144 Å². The van der Waals surface area contributed by atoms with Crippen molar-refractivity contribution < 1.29 is 17.7 Å². The Balaban J connectivity index is 1.68. The average Bonchev–Trinajstić information content (AvgIpc) is 3.20. The van der Waals surface area contributed by atoms with E-state index in [-0.39, 0.29) is 16.9 Å². The predicted molar refractivity (Wildman–Crippen MR) is 91.2 cm³/mol. The molecule has 1 N–H and O–H groups in total. The fourth-order valence-corrected chi connectivity index (χ4v) is 4.08. The van der Waals surface area contributed by atoms with Gasteiger partial charge in [-0.25, -0.2) is 4.98 Å². The van der Waals surface area contributed by atoms with E-state index in [4.69, 9.17) is 9.26 Å². The molecule has 4 rings (SSSR count). The molecule has 132 valence electrons. The van der Waals surface area contributed by atoms with Gasteiger partial charge < -0.3 is 13.8 Å². The number of hydrogen-bond acceptors (Lipinski definition) is 6. The molecule has 0 saturated heterocycles. The van der Waals surface area contributed by atoms with Crippen molar-refractivity contribution in [1.29, 1.82) is 0 Å². The third kappa shape index (κ3) is 2.74. The number of ether oxygens (including phenoxy) is 1. The minimum absolute atomic E-state index is 0.000844. The van der Waals surface area contributed by atoms with Crippen molar-refractivity contribution in [3.63, 3.8) is 0 Å². The summed E-state index contributed by atoms with van der Waals surface area (Å²) in [6.45, 7) is 2.06. The zero-order valence-corrected chi connectivity index (χ0v) is 14.7. The first-order chi connectivity index (χ1) is 12.0. The first kappa shape index (κ1) is 15.9. The van der Waals surface area contributed by atoms with Crippen molar-refractivity contribution in [2.45, 2.75) is 37.3 Å². The first-order valence-electron chi connectivity index (χ1n) is 8.02. The van der Waals surface area contributed by atoms with E-state index < -0.39 is 10.0 Å². The van der Waals surface area contributed by atoms with Crippen LogP contribution in [-0.4, -0.2) is 30.2 Å². The zero-order chi connectivity index (χ0) is 17.6. The summed E-state index contributed by atoms with van der Waals surface area (Å²) in [5.41, 5.74) is 0.440. The highest BCUT2D eigenvalue weighted by molar-refractivity contribution is 7.92. The quantitative estimate of drug-likeness (QED) is 0.766. The molecule has 0 spiro atoms. The highest BCUT2D eigenvalue weighted by Gasteiger charge is 2.26. The summed E-state index contributed by atoms with van der Waals surface area (Å²) >= 11 is 0. The van der Waals surface area contributed by atoms with Crippen LogP contribution in [0.15, 0.2) is 33.9 Å². The van der Waals surface area contributed by atoms with Crippen LogP contribution in [0.3, 0.4) is 0 Å². The molecule has 0 fully saturated rings. The molecule has 1 atom stereocenters. The van der Waals surface area contributed by atoms with Crippen molar-refractivity contribution in [2.75, 3.05) is 11.8 Å². The monoisotopic (exact) mass is 362 g/mol. The molecule has 0 amide bonds. The Morgan fingerprint density at radius 3 is 3.00 bits per heavy atom. The van der Waals surface area contributed by atoms with Gasteiger partial charge in [-0.05, 0) is 31.9 Å². The lowest BCUT2D eigenvalue weighted by molar-refractivity contribution is 0.412. The smallest absolute Gasteiger partial charge is 0.282 e. The molecule has 1 aliphatic rings. The summed E-state index contributed by atoms with van der Waals surface area (Å²) in [5.74, 6) is 1.54. The molecule has 0 saturated carbocycles. The Morgan fingerprint density at radius 2 is 2.24 bits per heavy atom.